The van der Waals surface area contributed by atoms with Gasteiger partial charge >= 0.3 is 0 Å². The third-order valence-corrected chi connectivity index (χ3v) is 4.94. The Morgan fingerprint density at radius 3 is 2.58 bits per heavy atom. The van der Waals surface area contributed by atoms with E-state index >= 15 is 0 Å². The molecule has 0 radical (unpaired) electrons. The summed E-state index contributed by atoms with van der Waals surface area (Å²) in [5.74, 6) is 0. The molecule has 0 amide bonds. The highest BCUT2D eigenvalue weighted by Crippen LogP contribution is 2.28. The molecule has 2 nitrogen and oxygen atoms in total. The second kappa shape index (κ2) is 6.06. The fourth-order valence-electron chi connectivity index (χ4n) is 3.29. The average molecular weight is 260 g/mol. The maximum absolute atomic E-state index is 3.74. The molecule has 1 aliphatic heterocycles. The standard InChI is InChI=1S/C17H28N2/c1-5-17(6-2)13-19(12-11-18-17)15(4)16-10-8-7-9-14(16)3/h7-10,15,18H,5-6,11-13H2,1-4H3. The normalized spacial score (nSPS) is 21.3. The third kappa shape index (κ3) is 3.01. The number of nitrogens with one attached hydrogen (secondary N) is 1. The second-order valence-corrected chi connectivity index (χ2v) is 5.92. The molecular weight excluding hydrogens is 232 g/mol. The van der Waals surface area contributed by atoms with E-state index in [0.717, 1.165) is 19.6 Å². The van der Waals surface area contributed by atoms with Crippen molar-refractivity contribution >= 4 is 0 Å². The molecule has 1 N–H and O–H groups in total. The minimum atomic E-state index is 0.315. The largest absolute Gasteiger partial charge is 0.309 e. The van der Waals surface area contributed by atoms with Crippen LogP contribution in [0, 0.1) is 6.92 Å². The Morgan fingerprint density at radius 2 is 1.95 bits per heavy atom. The van der Waals surface area contributed by atoms with E-state index in [1.54, 1.807) is 0 Å². The van der Waals surface area contributed by atoms with Crippen LogP contribution in [0.5, 0.6) is 0 Å². The lowest BCUT2D eigenvalue weighted by molar-refractivity contribution is 0.0917. The molecule has 1 fully saturated rings. The van der Waals surface area contributed by atoms with Gasteiger partial charge in [-0.05, 0) is 37.8 Å². The van der Waals surface area contributed by atoms with Crippen LogP contribution in [0.1, 0.15) is 50.8 Å². The van der Waals surface area contributed by atoms with Gasteiger partial charge in [-0.25, -0.2) is 0 Å². The SMILES string of the molecule is CCC1(CC)CN(C(C)c2ccccc2C)CCN1. The molecule has 1 aliphatic rings. The summed E-state index contributed by atoms with van der Waals surface area (Å²) in [4.78, 5) is 2.64. The van der Waals surface area contributed by atoms with Crippen molar-refractivity contribution in [3.63, 3.8) is 0 Å². The van der Waals surface area contributed by atoms with Crippen LogP contribution in [0.2, 0.25) is 0 Å². The van der Waals surface area contributed by atoms with E-state index in [2.05, 4.69) is 62.2 Å². The molecule has 2 heteroatoms. The molecule has 106 valence electrons. The molecule has 0 aromatic heterocycles. The van der Waals surface area contributed by atoms with Gasteiger partial charge in [0.2, 0.25) is 0 Å². The van der Waals surface area contributed by atoms with E-state index < -0.39 is 0 Å². The minimum Gasteiger partial charge on any atom is -0.309 e. The molecule has 19 heavy (non-hydrogen) atoms. The van der Waals surface area contributed by atoms with Crippen molar-refractivity contribution in [3.05, 3.63) is 35.4 Å². The van der Waals surface area contributed by atoms with Gasteiger partial charge in [-0.15, -0.1) is 0 Å². The summed E-state index contributed by atoms with van der Waals surface area (Å²) in [5, 5.41) is 3.74. The van der Waals surface area contributed by atoms with Crippen molar-refractivity contribution < 1.29 is 0 Å². The zero-order chi connectivity index (χ0) is 13.9. The molecule has 0 spiro atoms. The minimum absolute atomic E-state index is 0.315. The molecule has 1 saturated heterocycles. The fraction of sp³-hybridized carbons (Fsp3) is 0.647. The first-order valence-electron chi connectivity index (χ1n) is 7.66. The van der Waals surface area contributed by atoms with E-state index in [-0.39, 0.29) is 0 Å². The van der Waals surface area contributed by atoms with Gasteiger partial charge in [-0.3, -0.25) is 4.90 Å². The number of aryl methyl sites for hydroxylation is 1. The molecule has 1 unspecified atom stereocenters. The molecule has 0 bridgehead atoms. The van der Waals surface area contributed by atoms with E-state index in [9.17, 15) is 0 Å². The van der Waals surface area contributed by atoms with Crippen LogP contribution in [0.15, 0.2) is 24.3 Å². The Bertz CT molecular complexity index is 409. The van der Waals surface area contributed by atoms with Crippen LogP contribution in [0.4, 0.5) is 0 Å². The van der Waals surface area contributed by atoms with Crippen molar-refractivity contribution in [2.45, 2.75) is 52.1 Å². The van der Waals surface area contributed by atoms with Gasteiger partial charge in [0.15, 0.2) is 0 Å². The lowest BCUT2D eigenvalue weighted by atomic mass is 9.88. The zero-order valence-electron chi connectivity index (χ0n) is 12.9. The lowest BCUT2D eigenvalue weighted by Gasteiger charge is -2.45. The highest BCUT2D eigenvalue weighted by atomic mass is 15.2. The van der Waals surface area contributed by atoms with Crippen molar-refractivity contribution in [2.24, 2.45) is 0 Å². The van der Waals surface area contributed by atoms with Crippen molar-refractivity contribution in [1.29, 1.82) is 0 Å². The van der Waals surface area contributed by atoms with Gasteiger partial charge in [-0.1, -0.05) is 38.1 Å². The van der Waals surface area contributed by atoms with Gasteiger partial charge in [0, 0.05) is 31.2 Å². The van der Waals surface area contributed by atoms with Crippen molar-refractivity contribution in [1.82, 2.24) is 10.2 Å². The number of rotatable bonds is 4. The third-order valence-electron chi connectivity index (χ3n) is 4.94. The van der Waals surface area contributed by atoms with Gasteiger partial charge in [0.05, 0.1) is 0 Å². The summed E-state index contributed by atoms with van der Waals surface area (Å²) < 4.78 is 0. The van der Waals surface area contributed by atoms with Crippen LogP contribution >= 0.6 is 0 Å². The molecule has 1 heterocycles. The van der Waals surface area contributed by atoms with Crippen LogP contribution in [0.25, 0.3) is 0 Å². The average Bonchev–Trinajstić information content (AvgIpc) is 2.47. The summed E-state index contributed by atoms with van der Waals surface area (Å²) in [6.07, 6.45) is 2.42. The smallest absolute Gasteiger partial charge is 0.0323 e. The topological polar surface area (TPSA) is 15.3 Å². The van der Waals surface area contributed by atoms with E-state index in [1.807, 2.05) is 0 Å². The zero-order valence-corrected chi connectivity index (χ0v) is 12.9. The first kappa shape index (κ1) is 14.5. The molecular formula is C17H28N2. The molecule has 0 saturated carbocycles. The van der Waals surface area contributed by atoms with E-state index in [1.165, 1.54) is 24.0 Å². The van der Waals surface area contributed by atoms with Gasteiger partial charge in [0.25, 0.3) is 0 Å². The number of hydrogen-bond donors (Lipinski definition) is 1. The molecule has 1 aromatic rings. The number of benzene rings is 1. The first-order valence-corrected chi connectivity index (χ1v) is 7.66. The molecule has 0 aliphatic carbocycles. The van der Waals surface area contributed by atoms with Crippen molar-refractivity contribution in [2.75, 3.05) is 19.6 Å². The Kier molecular flexibility index (Phi) is 4.64. The predicted octanol–water partition coefficient (Wildman–Crippen LogP) is 3.52. The van der Waals surface area contributed by atoms with E-state index in [0.29, 0.717) is 11.6 Å². The van der Waals surface area contributed by atoms with Gasteiger partial charge < -0.3 is 5.32 Å². The quantitative estimate of drug-likeness (QED) is 0.891. The molecule has 1 atom stereocenters. The number of piperazine rings is 1. The Labute approximate surface area is 118 Å². The summed E-state index contributed by atoms with van der Waals surface area (Å²) >= 11 is 0. The fourth-order valence-corrected chi connectivity index (χ4v) is 3.29. The Hall–Kier alpha value is -0.860. The predicted molar refractivity (Wildman–Crippen MR) is 82.5 cm³/mol. The van der Waals surface area contributed by atoms with Crippen LogP contribution in [-0.2, 0) is 0 Å². The van der Waals surface area contributed by atoms with Crippen LogP contribution in [-0.4, -0.2) is 30.1 Å². The van der Waals surface area contributed by atoms with Crippen LogP contribution in [0.3, 0.4) is 0 Å². The van der Waals surface area contributed by atoms with Crippen LogP contribution < -0.4 is 5.32 Å². The first-order chi connectivity index (χ1) is 9.12. The molecule has 2 rings (SSSR count). The summed E-state index contributed by atoms with van der Waals surface area (Å²) in [5.41, 5.74) is 3.20. The summed E-state index contributed by atoms with van der Waals surface area (Å²) in [7, 11) is 0. The number of nitrogens with zero attached hydrogens (tertiary/aromatic N) is 1. The monoisotopic (exact) mass is 260 g/mol. The lowest BCUT2D eigenvalue weighted by Crippen LogP contribution is -2.60. The number of hydrogen-bond acceptors (Lipinski definition) is 2. The van der Waals surface area contributed by atoms with Gasteiger partial charge in [-0.2, -0.15) is 0 Å². The summed E-state index contributed by atoms with van der Waals surface area (Å²) in [6.45, 7) is 12.6. The Balaban J connectivity index is 2.15. The maximum atomic E-state index is 3.74. The Morgan fingerprint density at radius 1 is 1.26 bits per heavy atom. The van der Waals surface area contributed by atoms with Crippen molar-refractivity contribution in [3.8, 4) is 0 Å². The second-order valence-electron chi connectivity index (χ2n) is 5.92. The van der Waals surface area contributed by atoms with Gasteiger partial charge in [0.1, 0.15) is 0 Å². The highest BCUT2D eigenvalue weighted by molar-refractivity contribution is 5.28. The van der Waals surface area contributed by atoms with E-state index in [4.69, 9.17) is 0 Å². The molecule has 1 aromatic carbocycles. The summed E-state index contributed by atoms with van der Waals surface area (Å²) in [6, 6.07) is 9.31. The highest BCUT2D eigenvalue weighted by Gasteiger charge is 2.33. The maximum Gasteiger partial charge on any atom is 0.0323 e.